The topological polar surface area (TPSA) is 92.8 Å². The lowest BCUT2D eigenvalue weighted by Gasteiger charge is -2.34. The number of aromatic nitrogens is 5. The fraction of sp³-hybridized carbons (Fsp3) is 0.462. The lowest BCUT2D eigenvalue weighted by molar-refractivity contribution is 0.111. The summed E-state index contributed by atoms with van der Waals surface area (Å²) in [5.74, 6) is 1.79. The summed E-state index contributed by atoms with van der Waals surface area (Å²) in [5, 5.41) is 13.8. The molecular weight excluding hydrogens is 428 g/mol. The van der Waals surface area contributed by atoms with Crippen LogP contribution < -0.4 is 5.56 Å². The van der Waals surface area contributed by atoms with Crippen LogP contribution in [-0.2, 0) is 18.6 Å². The number of hydrogen-bond acceptors (Lipinski definition) is 6. The maximum atomic E-state index is 13.2. The number of tetrazole rings is 1. The predicted molar refractivity (Wildman–Crippen MR) is 132 cm³/mol. The smallest absolute Gasteiger partial charge is 0.252 e. The second-order valence-electron chi connectivity index (χ2n) is 10.5. The lowest BCUT2D eigenvalue weighted by Crippen LogP contribution is -2.37. The summed E-state index contributed by atoms with van der Waals surface area (Å²) >= 11 is 0. The number of rotatable bonds is 7. The maximum Gasteiger partial charge on any atom is 0.252 e. The predicted octanol–water partition coefficient (Wildman–Crippen LogP) is 4.88. The first-order chi connectivity index (χ1) is 16.0. The first kappa shape index (κ1) is 23.9. The molecule has 1 aromatic carbocycles. The largest absolute Gasteiger partial charge is 0.468 e. The van der Waals surface area contributed by atoms with Crippen molar-refractivity contribution < 1.29 is 4.42 Å². The molecule has 0 amide bonds. The molecule has 3 aromatic heterocycles. The summed E-state index contributed by atoms with van der Waals surface area (Å²) in [6.07, 6.45) is 1.67. The molecule has 0 aliphatic carbocycles. The molecule has 0 unspecified atom stereocenters. The summed E-state index contributed by atoms with van der Waals surface area (Å²) < 4.78 is 7.57. The normalized spacial score (nSPS) is 13.3. The van der Waals surface area contributed by atoms with Crippen molar-refractivity contribution in [3.63, 3.8) is 0 Å². The monoisotopic (exact) mass is 462 g/mol. The van der Waals surface area contributed by atoms with E-state index in [4.69, 9.17) is 4.42 Å². The first-order valence-electron chi connectivity index (χ1n) is 11.7. The van der Waals surface area contributed by atoms with Crippen LogP contribution in [0.1, 0.15) is 68.9 Å². The second kappa shape index (κ2) is 9.18. The van der Waals surface area contributed by atoms with Crippen LogP contribution in [0.4, 0.5) is 0 Å². The molecule has 0 aliphatic rings. The molecule has 8 nitrogen and oxygen atoms in total. The number of hydrogen-bond donors (Lipinski definition) is 1. The van der Waals surface area contributed by atoms with Crippen molar-refractivity contribution in [2.75, 3.05) is 0 Å². The van der Waals surface area contributed by atoms with E-state index in [0.717, 1.165) is 28.1 Å². The zero-order valence-corrected chi connectivity index (χ0v) is 21.1. The van der Waals surface area contributed by atoms with E-state index in [0.29, 0.717) is 18.7 Å². The van der Waals surface area contributed by atoms with Gasteiger partial charge in [0.2, 0.25) is 0 Å². The van der Waals surface area contributed by atoms with Gasteiger partial charge in [-0.15, -0.1) is 5.10 Å². The third-order valence-corrected chi connectivity index (χ3v) is 6.10. The van der Waals surface area contributed by atoms with Gasteiger partial charge in [0.1, 0.15) is 5.76 Å². The van der Waals surface area contributed by atoms with Crippen molar-refractivity contribution in [2.45, 2.75) is 73.1 Å². The van der Waals surface area contributed by atoms with E-state index in [9.17, 15) is 4.79 Å². The van der Waals surface area contributed by atoms with E-state index in [1.54, 1.807) is 6.26 Å². The number of H-pyrrole nitrogens is 1. The van der Waals surface area contributed by atoms with E-state index >= 15 is 0 Å². The minimum Gasteiger partial charge on any atom is -0.468 e. The molecule has 8 heteroatoms. The van der Waals surface area contributed by atoms with Crippen LogP contribution >= 0.6 is 0 Å². The number of nitrogens with one attached hydrogen (secondary N) is 1. The highest BCUT2D eigenvalue weighted by Crippen LogP contribution is 2.32. The SMILES string of the molecule is Cc1cc(C)c2[nH]c(=O)c(CN(Cc3ccco3)[C@H](c3nnnn3C(C)(C)C)C(C)C)cc2c1. The van der Waals surface area contributed by atoms with Crippen molar-refractivity contribution in [1.82, 2.24) is 30.1 Å². The highest BCUT2D eigenvalue weighted by atomic mass is 16.3. The molecule has 1 N–H and O–H groups in total. The van der Waals surface area contributed by atoms with Crippen LogP contribution in [0.15, 0.2) is 45.8 Å². The van der Waals surface area contributed by atoms with Gasteiger partial charge < -0.3 is 9.40 Å². The van der Waals surface area contributed by atoms with Crippen LogP contribution in [0, 0.1) is 19.8 Å². The molecule has 180 valence electrons. The van der Waals surface area contributed by atoms with Gasteiger partial charge in [0, 0.05) is 12.1 Å². The summed E-state index contributed by atoms with van der Waals surface area (Å²) in [6, 6.07) is 9.91. The van der Waals surface area contributed by atoms with Crippen molar-refractivity contribution in [3.05, 3.63) is 75.2 Å². The lowest BCUT2D eigenvalue weighted by atomic mass is 9.98. The zero-order valence-electron chi connectivity index (χ0n) is 21.1. The Bertz CT molecular complexity index is 1330. The average molecular weight is 463 g/mol. The highest BCUT2D eigenvalue weighted by molar-refractivity contribution is 5.82. The maximum absolute atomic E-state index is 13.2. The van der Waals surface area contributed by atoms with E-state index < -0.39 is 0 Å². The number of aryl methyl sites for hydroxylation is 2. The Hall–Kier alpha value is -3.26. The number of fused-ring (bicyclic) bond motifs is 1. The van der Waals surface area contributed by atoms with Crippen molar-refractivity contribution >= 4 is 10.9 Å². The molecule has 0 saturated carbocycles. The van der Waals surface area contributed by atoms with Crippen LogP contribution in [0.5, 0.6) is 0 Å². The minimum absolute atomic E-state index is 0.0817. The van der Waals surface area contributed by atoms with Gasteiger partial charge in [-0.3, -0.25) is 9.69 Å². The number of nitrogens with zero attached hydrogens (tertiary/aromatic N) is 5. The second-order valence-corrected chi connectivity index (χ2v) is 10.5. The van der Waals surface area contributed by atoms with Crippen molar-refractivity contribution in [1.29, 1.82) is 0 Å². The summed E-state index contributed by atoms with van der Waals surface area (Å²) in [6.45, 7) is 15.6. The third-order valence-electron chi connectivity index (χ3n) is 6.10. The molecule has 0 fully saturated rings. The highest BCUT2D eigenvalue weighted by Gasteiger charge is 2.33. The molecule has 0 spiro atoms. The van der Waals surface area contributed by atoms with Gasteiger partial charge in [-0.2, -0.15) is 0 Å². The number of benzene rings is 1. The standard InChI is InChI=1S/C26H34N6O2/c1-16(2)23(24-28-29-30-32(24)26(5,6)7)31(15-21-9-8-10-34-21)14-20-13-19-12-17(3)11-18(4)22(19)27-25(20)33/h8-13,16,23H,14-15H2,1-7H3,(H,27,33)/t23-/m0/s1. The third kappa shape index (κ3) is 4.82. The number of pyridine rings is 1. The van der Waals surface area contributed by atoms with Gasteiger partial charge in [0.15, 0.2) is 5.82 Å². The van der Waals surface area contributed by atoms with Gasteiger partial charge in [-0.1, -0.05) is 25.5 Å². The quantitative estimate of drug-likeness (QED) is 0.421. The van der Waals surface area contributed by atoms with Crippen LogP contribution in [-0.4, -0.2) is 30.1 Å². The first-order valence-corrected chi connectivity index (χ1v) is 11.7. The molecule has 4 rings (SSSR count). The summed E-state index contributed by atoms with van der Waals surface area (Å²) in [7, 11) is 0. The van der Waals surface area contributed by atoms with Gasteiger partial charge in [-0.25, -0.2) is 4.68 Å². The molecule has 34 heavy (non-hydrogen) atoms. The molecule has 4 aromatic rings. The molecule has 0 radical (unpaired) electrons. The van der Waals surface area contributed by atoms with E-state index in [1.807, 2.05) is 29.8 Å². The van der Waals surface area contributed by atoms with E-state index in [-0.39, 0.29) is 23.1 Å². The molecular formula is C26H34N6O2. The summed E-state index contributed by atoms with van der Waals surface area (Å²) in [5.41, 5.74) is 3.45. The van der Waals surface area contributed by atoms with Crippen LogP contribution in [0.2, 0.25) is 0 Å². The van der Waals surface area contributed by atoms with Gasteiger partial charge in [0.25, 0.3) is 5.56 Å². The number of furan rings is 1. The Morgan fingerprint density at radius 3 is 2.56 bits per heavy atom. The average Bonchev–Trinajstić information content (AvgIpc) is 3.41. The Morgan fingerprint density at radius 1 is 1.15 bits per heavy atom. The van der Waals surface area contributed by atoms with Crippen LogP contribution in [0.3, 0.4) is 0 Å². The van der Waals surface area contributed by atoms with Gasteiger partial charge >= 0.3 is 0 Å². The Balaban J connectivity index is 1.81. The Morgan fingerprint density at radius 2 is 1.91 bits per heavy atom. The fourth-order valence-corrected chi connectivity index (χ4v) is 4.66. The van der Waals surface area contributed by atoms with Crippen molar-refractivity contribution in [2.24, 2.45) is 5.92 Å². The van der Waals surface area contributed by atoms with E-state index in [2.05, 4.69) is 79.1 Å². The molecule has 3 heterocycles. The fourth-order valence-electron chi connectivity index (χ4n) is 4.66. The van der Waals surface area contributed by atoms with Crippen LogP contribution in [0.25, 0.3) is 10.9 Å². The summed E-state index contributed by atoms with van der Waals surface area (Å²) in [4.78, 5) is 18.5. The van der Waals surface area contributed by atoms with Gasteiger partial charge in [-0.05, 0) is 86.2 Å². The molecule has 0 saturated heterocycles. The molecule has 1 atom stereocenters. The Kier molecular flexibility index (Phi) is 6.45. The minimum atomic E-state index is -0.280. The zero-order chi connectivity index (χ0) is 24.6. The molecule has 0 aliphatic heterocycles. The van der Waals surface area contributed by atoms with E-state index in [1.165, 1.54) is 5.56 Å². The van der Waals surface area contributed by atoms with Gasteiger partial charge in [0.05, 0.1) is 29.9 Å². The Labute approximate surface area is 200 Å². The van der Waals surface area contributed by atoms with Crippen molar-refractivity contribution in [3.8, 4) is 0 Å². The molecule has 0 bridgehead atoms. The number of aromatic amines is 1.